The Labute approximate surface area is 273 Å². The average Bonchev–Trinajstić information content (AvgIpc) is 3.72. The zero-order valence-corrected chi connectivity index (χ0v) is 27.0. The number of hydrogen-bond acceptors (Lipinski definition) is 8. The molecule has 2 heterocycles. The maximum atomic E-state index is 14.0. The Morgan fingerprint density at radius 2 is 1.34 bits per heavy atom. The van der Waals surface area contributed by atoms with Gasteiger partial charge in [0.15, 0.2) is 0 Å². The molecule has 0 radical (unpaired) electrons. The van der Waals surface area contributed by atoms with E-state index in [1.54, 1.807) is 44.2 Å². The molecule has 0 saturated carbocycles. The van der Waals surface area contributed by atoms with Crippen molar-refractivity contribution in [3.63, 3.8) is 0 Å². The number of nitrogens with one attached hydrogen (secondary N) is 3. The molecule has 0 unspecified atom stereocenters. The van der Waals surface area contributed by atoms with Crippen molar-refractivity contribution in [1.82, 2.24) is 25.8 Å². The molecule has 2 saturated heterocycles. The summed E-state index contributed by atoms with van der Waals surface area (Å²) in [5.74, 6) is -5.49. The second-order valence-electron chi connectivity index (χ2n) is 12.5. The highest BCUT2D eigenvalue weighted by molar-refractivity contribution is 5.97. The van der Waals surface area contributed by atoms with Gasteiger partial charge >= 0.3 is 11.9 Å². The third-order valence-corrected chi connectivity index (χ3v) is 8.59. The summed E-state index contributed by atoms with van der Waals surface area (Å²) in [6.45, 7) is 5.57. The molecular weight excluding hydrogens is 612 g/mol. The second kappa shape index (κ2) is 16.9. The van der Waals surface area contributed by atoms with Crippen LogP contribution in [0.1, 0.15) is 64.9 Å². The molecule has 0 spiro atoms. The van der Waals surface area contributed by atoms with E-state index in [9.17, 15) is 38.7 Å². The van der Waals surface area contributed by atoms with E-state index in [0.29, 0.717) is 19.3 Å². The lowest BCUT2D eigenvalue weighted by Crippen LogP contribution is -2.59. The Morgan fingerprint density at radius 3 is 1.85 bits per heavy atom. The van der Waals surface area contributed by atoms with E-state index < -0.39 is 84.1 Å². The van der Waals surface area contributed by atoms with Crippen LogP contribution < -0.4 is 21.7 Å². The molecule has 1 aromatic carbocycles. The molecule has 3 rings (SSSR count). The van der Waals surface area contributed by atoms with Gasteiger partial charge in [-0.05, 0) is 50.5 Å². The minimum absolute atomic E-state index is 0.0901. The summed E-state index contributed by atoms with van der Waals surface area (Å²) < 4.78 is 0. The molecule has 258 valence electrons. The molecule has 5 amide bonds. The van der Waals surface area contributed by atoms with Crippen LogP contribution in [0.4, 0.5) is 0 Å². The van der Waals surface area contributed by atoms with Gasteiger partial charge < -0.3 is 41.7 Å². The van der Waals surface area contributed by atoms with Gasteiger partial charge in [-0.25, -0.2) is 4.79 Å². The minimum Gasteiger partial charge on any atom is -0.481 e. The highest BCUT2D eigenvalue weighted by atomic mass is 16.4. The van der Waals surface area contributed by atoms with Crippen molar-refractivity contribution in [3.05, 3.63) is 35.9 Å². The average molecular weight is 659 g/mol. The molecule has 2 aliphatic rings. The van der Waals surface area contributed by atoms with E-state index in [1.165, 1.54) is 16.7 Å². The number of carboxylic acids is 2. The fraction of sp³-hybridized carbons (Fsp3) is 0.594. The summed E-state index contributed by atoms with van der Waals surface area (Å²) >= 11 is 0. The minimum atomic E-state index is -1.45. The zero-order valence-electron chi connectivity index (χ0n) is 27.0. The van der Waals surface area contributed by atoms with Gasteiger partial charge in [0.1, 0.15) is 30.2 Å². The van der Waals surface area contributed by atoms with Crippen molar-refractivity contribution in [3.8, 4) is 0 Å². The van der Waals surface area contributed by atoms with Crippen LogP contribution in [0.5, 0.6) is 0 Å². The van der Waals surface area contributed by atoms with Crippen molar-refractivity contribution in [2.24, 2.45) is 11.7 Å². The van der Waals surface area contributed by atoms with Crippen LogP contribution in [0.2, 0.25) is 0 Å². The largest absolute Gasteiger partial charge is 0.481 e. The number of rotatable bonds is 15. The van der Waals surface area contributed by atoms with Gasteiger partial charge in [0, 0.05) is 25.9 Å². The lowest BCUT2D eigenvalue weighted by Gasteiger charge is -2.32. The van der Waals surface area contributed by atoms with Crippen molar-refractivity contribution in [1.29, 1.82) is 0 Å². The summed E-state index contributed by atoms with van der Waals surface area (Å²) in [6.07, 6.45) is 0.889. The number of nitrogens with zero attached hydrogens (tertiary/aromatic N) is 2. The molecular formula is C32H46N6O9. The van der Waals surface area contributed by atoms with Gasteiger partial charge in [0.05, 0.1) is 6.04 Å². The maximum absolute atomic E-state index is 14.0. The first-order valence-corrected chi connectivity index (χ1v) is 16.0. The maximum Gasteiger partial charge on any atom is 0.326 e. The first-order chi connectivity index (χ1) is 22.2. The quantitative estimate of drug-likeness (QED) is 0.143. The van der Waals surface area contributed by atoms with Crippen molar-refractivity contribution >= 4 is 41.5 Å². The predicted molar refractivity (Wildman–Crippen MR) is 168 cm³/mol. The Kier molecular flexibility index (Phi) is 13.2. The van der Waals surface area contributed by atoms with Crippen LogP contribution in [-0.4, -0.2) is 111 Å². The summed E-state index contributed by atoms with van der Waals surface area (Å²) in [5, 5.41) is 26.2. The first kappa shape index (κ1) is 36.9. The summed E-state index contributed by atoms with van der Waals surface area (Å²) in [6, 6.07) is 2.74. The van der Waals surface area contributed by atoms with Gasteiger partial charge in [-0.15, -0.1) is 0 Å². The van der Waals surface area contributed by atoms with Crippen molar-refractivity contribution in [2.75, 3.05) is 13.1 Å². The number of carbonyl (C=O) groups excluding carboxylic acids is 5. The SMILES string of the molecule is CC(C)[C@H](N)C(=O)N[C@@H](C)C(=O)N1CCC[C@H]1C(=O)N[C@@H](Cc1ccccc1)C(=O)N1CCC[C@H]1C(=O)N[C@@H](CCC(=O)O)C(=O)O. The van der Waals surface area contributed by atoms with Gasteiger partial charge in [-0.2, -0.15) is 0 Å². The summed E-state index contributed by atoms with van der Waals surface area (Å²) in [5.41, 5.74) is 6.65. The fourth-order valence-corrected chi connectivity index (χ4v) is 5.84. The normalized spacial score (nSPS) is 20.2. The van der Waals surface area contributed by atoms with Gasteiger partial charge in [-0.3, -0.25) is 28.8 Å². The topological polar surface area (TPSA) is 229 Å². The Morgan fingerprint density at radius 1 is 0.809 bits per heavy atom. The number of carbonyl (C=O) groups is 7. The summed E-state index contributed by atoms with van der Waals surface area (Å²) in [7, 11) is 0. The molecule has 15 nitrogen and oxygen atoms in total. The molecule has 0 aliphatic carbocycles. The molecule has 2 aliphatic heterocycles. The van der Waals surface area contributed by atoms with Gasteiger partial charge in [0.2, 0.25) is 29.5 Å². The molecule has 7 N–H and O–H groups in total. The van der Waals surface area contributed by atoms with Crippen LogP contribution in [0.25, 0.3) is 0 Å². The lowest BCUT2D eigenvalue weighted by molar-refractivity contribution is -0.146. The smallest absolute Gasteiger partial charge is 0.326 e. The molecule has 47 heavy (non-hydrogen) atoms. The zero-order chi connectivity index (χ0) is 34.8. The number of carboxylic acid groups (broad SMARTS) is 2. The van der Waals surface area contributed by atoms with Crippen LogP contribution in [0.3, 0.4) is 0 Å². The number of nitrogens with two attached hydrogens (primary N) is 1. The third-order valence-electron chi connectivity index (χ3n) is 8.59. The third kappa shape index (κ3) is 9.98. The summed E-state index contributed by atoms with van der Waals surface area (Å²) in [4.78, 5) is 92.0. The van der Waals surface area contributed by atoms with E-state index in [4.69, 9.17) is 10.8 Å². The van der Waals surface area contributed by atoms with E-state index in [-0.39, 0.29) is 38.3 Å². The van der Waals surface area contributed by atoms with Crippen molar-refractivity contribution < 1.29 is 43.8 Å². The number of amides is 5. The predicted octanol–water partition coefficient (Wildman–Crippen LogP) is -0.382. The Hall–Kier alpha value is -4.53. The van der Waals surface area contributed by atoms with E-state index in [1.807, 2.05) is 0 Å². The number of hydrogen-bond donors (Lipinski definition) is 6. The highest BCUT2D eigenvalue weighted by Crippen LogP contribution is 2.22. The first-order valence-electron chi connectivity index (χ1n) is 16.0. The van der Waals surface area contributed by atoms with E-state index in [2.05, 4.69) is 16.0 Å². The van der Waals surface area contributed by atoms with E-state index >= 15 is 0 Å². The van der Waals surface area contributed by atoms with E-state index in [0.717, 1.165) is 5.56 Å². The Bertz CT molecular complexity index is 1320. The monoisotopic (exact) mass is 658 g/mol. The Balaban J connectivity index is 1.77. The standard InChI is InChI=1S/C32H46N6O9/c1-18(2)26(33)29(43)34-19(3)30(44)37-15-7-11-23(37)28(42)36-22(17-20-9-5-4-6-10-20)31(45)38-16-8-12-24(38)27(41)35-21(32(46)47)13-14-25(39)40/h4-6,9-10,18-19,21-24,26H,7-8,11-17,33H2,1-3H3,(H,34,43)(H,35,41)(H,36,42)(H,39,40)(H,46,47)/t19-,21-,22-,23-,24-,26-/m0/s1. The molecule has 2 fully saturated rings. The number of likely N-dealkylation sites (tertiary alicyclic amines) is 2. The van der Waals surface area contributed by atoms with Crippen LogP contribution in [-0.2, 0) is 40.0 Å². The molecule has 6 atom stereocenters. The van der Waals surface area contributed by atoms with Gasteiger partial charge in [0.25, 0.3) is 0 Å². The van der Waals surface area contributed by atoms with Gasteiger partial charge in [-0.1, -0.05) is 44.2 Å². The highest BCUT2D eigenvalue weighted by Gasteiger charge is 2.41. The second-order valence-corrected chi connectivity index (χ2v) is 12.5. The van der Waals surface area contributed by atoms with Crippen LogP contribution in [0.15, 0.2) is 30.3 Å². The molecule has 0 aromatic heterocycles. The number of aliphatic carboxylic acids is 2. The number of benzene rings is 1. The fourth-order valence-electron chi connectivity index (χ4n) is 5.84. The lowest BCUT2D eigenvalue weighted by atomic mass is 10.0. The molecule has 15 heteroatoms. The molecule has 1 aromatic rings. The van der Waals surface area contributed by atoms with Crippen LogP contribution >= 0.6 is 0 Å². The van der Waals surface area contributed by atoms with Crippen molar-refractivity contribution in [2.45, 2.75) is 102 Å². The van der Waals surface area contributed by atoms with Crippen LogP contribution in [0, 0.1) is 5.92 Å². The molecule has 0 bridgehead atoms.